The number of thiazole rings is 1. The molecule has 0 bridgehead atoms. The van der Waals surface area contributed by atoms with Gasteiger partial charge in [-0.2, -0.15) is 13.2 Å². The van der Waals surface area contributed by atoms with Crippen molar-refractivity contribution in [2.75, 3.05) is 7.05 Å². The molecule has 11 heteroatoms. The fraction of sp³-hybridized carbons (Fsp3) is 0.238. The van der Waals surface area contributed by atoms with Crippen LogP contribution in [0.2, 0.25) is 0 Å². The predicted octanol–water partition coefficient (Wildman–Crippen LogP) is 5.31. The molecule has 3 heterocycles. The van der Waals surface area contributed by atoms with Crippen molar-refractivity contribution in [1.29, 1.82) is 0 Å². The van der Waals surface area contributed by atoms with Crippen molar-refractivity contribution in [2.24, 2.45) is 0 Å². The van der Waals surface area contributed by atoms with Crippen LogP contribution in [-0.2, 0) is 19.1 Å². The Balaban J connectivity index is 1.69. The Kier molecular flexibility index (Phi) is 6.11. The van der Waals surface area contributed by atoms with Crippen molar-refractivity contribution in [3.05, 3.63) is 69.2 Å². The number of thiophene rings is 1. The minimum absolute atomic E-state index is 0.0979. The average molecular weight is 478 g/mol. The number of nitrogens with zero attached hydrogens (tertiary/aromatic N) is 5. The quantitative estimate of drug-likeness (QED) is 0.378. The highest BCUT2D eigenvalue weighted by Crippen LogP contribution is 2.32. The summed E-state index contributed by atoms with van der Waals surface area (Å²) in [6, 6.07) is 8.36. The summed E-state index contributed by atoms with van der Waals surface area (Å²) in [6.07, 6.45) is -3.68. The molecule has 0 aliphatic heterocycles. The first-order chi connectivity index (χ1) is 15.3. The Morgan fingerprint density at radius 3 is 2.62 bits per heavy atom. The molecule has 1 aromatic carbocycles. The maximum atomic E-state index is 13.2. The molecule has 0 aliphatic rings. The molecule has 0 spiro atoms. The molecule has 6 nitrogen and oxygen atoms in total. The van der Waals surface area contributed by atoms with Gasteiger partial charge in [0.15, 0.2) is 5.82 Å². The Morgan fingerprint density at radius 2 is 1.97 bits per heavy atom. The zero-order valence-electron chi connectivity index (χ0n) is 17.1. The Morgan fingerprint density at radius 1 is 1.16 bits per heavy atom. The van der Waals surface area contributed by atoms with E-state index in [1.807, 2.05) is 17.7 Å². The second-order valence-electron chi connectivity index (χ2n) is 6.94. The minimum Gasteiger partial charge on any atom is -0.333 e. The molecule has 4 rings (SSSR count). The lowest BCUT2D eigenvalue weighted by Gasteiger charge is -2.13. The molecule has 3 aromatic heterocycles. The van der Waals surface area contributed by atoms with Crippen LogP contribution in [0.3, 0.4) is 0 Å². The summed E-state index contributed by atoms with van der Waals surface area (Å²) in [5.41, 5.74) is 0.130. The number of hydrogen-bond acceptors (Lipinski definition) is 6. The monoisotopic (exact) mass is 477 g/mol. The first kappa shape index (κ1) is 22.2. The lowest BCUT2D eigenvalue weighted by atomic mass is 10.2. The predicted molar refractivity (Wildman–Crippen MR) is 117 cm³/mol. The van der Waals surface area contributed by atoms with Gasteiger partial charge in [-0.25, -0.2) is 14.6 Å². The molecule has 0 N–H and O–H groups in total. The zero-order valence-corrected chi connectivity index (χ0v) is 18.8. The number of aryl methyl sites for hydroxylation is 1. The number of carbonyl (C=O) groups excluding carboxylic acids is 1. The van der Waals surface area contributed by atoms with Gasteiger partial charge in [-0.3, -0.25) is 4.79 Å². The lowest BCUT2D eigenvalue weighted by Crippen LogP contribution is -2.27. The molecular weight excluding hydrogens is 459 g/mol. The highest BCUT2D eigenvalue weighted by molar-refractivity contribution is 7.13. The van der Waals surface area contributed by atoms with Crippen LogP contribution in [0.1, 0.15) is 33.8 Å². The van der Waals surface area contributed by atoms with Crippen molar-refractivity contribution >= 4 is 28.6 Å². The first-order valence-corrected chi connectivity index (χ1v) is 11.4. The molecule has 166 valence electrons. The SMILES string of the molecule is CCc1nc(CN(C)C(=O)c2nc(-c3cccs3)n(-c3cccc(C(F)(F)F)c3)n2)cs1. The maximum absolute atomic E-state index is 13.2. The van der Waals surface area contributed by atoms with Crippen LogP contribution in [-0.4, -0.2) is 37.6 Å². The second kappa shape index (κ2) is 8.83. The van der Waals surface area contributed by atoms with Crippen LogP contribution in [0.25, 0.3) is 16.4 Å². The van der Waals surface area contributed by atoms with Crippen molar-refractivity contribution < 1.29 is 18.0 Å². The standard InChI is InChI=1S/C21H18F3N5OS2/c1-3-17-25-14(12-32-17)11-28(2)20(30)18-26-19(16-8-5-9-31-16)29(27-18)15-7-4-6-13(10-15)21(22,23)24/h4-10,12H,3,11H2,1-2H3. The third kappa shape index (κ3) is 4.58. The van der Waals surface area contributed by atoms with E-state index in [9.17, 15) is 18.0 Å². The molecule has 0 radical (unpaired) electrons. The zero-order chi connectivity index (χ0) is 22.9. The van der Waals surface area contributed by atoms with Crippen molar-refractivity contribution in [3.8, 4) is 16.4 Å². The van der Waals surface area contributed by atoms with E-state index in [-0.39, 0.29) is 18.1 Å². The minimum atomic E-state index is -4.50. The highest BCUT2D eigenvalue weighted by Gasteiger charge is 2.31. The van der Waals surface area contributed by atoms with E-state index in [4.69, 9.17) is 0 Å². The first-order valence-electron chi connectivity index (χ1n) is 9.63. The molecule has 1 amide bonds. The third-order valence-electron chi connectivity index (χ3n) is 4.61. The summed E-state index contributed by atoms with van der Waals surface area (Å²) in [5, 5.41) is 8.98. The Hall–Kier alpha value is -3.05. The fourth-order valence-corrected chi connectivity index (χ4v) is 4.47. The fourth-order valence-electron chi connectivity index (χ4n) is 3.03. The molecule has 0 unspecified atom stereocenters. The number of alkyl halides is 3. The van der Waals surface area contributed by atoms with Crippen LogP contribution in [0.15, 0.2) is 47.2 Å². The van der Waals surface area contributed by atoms with Crippen LogP contribution >= 0.6 is 22.7 Å². The van der Waals surface area contributed by atoms with Gasteiger partial charge in [0.2, 0.25) is 5.82 Å². The van der Waals surface area contributed by atoms with Gasteiger partial charge in [0.1, 0.15) is 0 Å². The van der Waals surface area contributed by atoms with Crippen LogP contribution in [0.4, 0.5) is 13.2 Å². The summed E-state index contributed by atoms with van der Waals surface area (Å²) in [6.45, 7) is 2.29. The average Bonchev–Trinajstić information content (AvgIpc) is 3.52. The number of benzene rings is 1. The number of carbonyl (C=O) groups is 1. The largest absolute Gasteiger partial charge is 0.416 e. The smallest absolute Gasteiger partial charge is 0.333 e. The van der Waals surface area contributed by atoms with Gasteiger partial charge >= 0.3 is 6.18 Å². The van der Waals surface area contributed by atoms with Gasteiger partial charge < -0.3 is 4.90 Å². The summed E-state index contributed by atoms with van der Waals surface area (Å²) in [5.74, 6) is -0.239. The Labute approximate surface area is 190 Å². The Bertz CT molecular complexity index is 1230. The van der Waals surface area contributed by atoms with E-state index in [0.29, 0.717) is 10.7 Å². The number of rotatable bonds is 6. The summed E-state index contributed by atoms with van der Waals surface area (Å²) < 4.78 is 40.9. The molecule has 0 aliphatic carbocycles. The molecule has 32 heavy (non-hydrogen) atoms. The maximum Gasteiger partial charge on any atom is 0.416 e. The molecular formula is C21H18F3N5OS2. The molecule has 4 aromatic rings. The second-order valence-corrected chi connectivity index (χ2v) is 8.83. The lowest BCUT2D eigenvalue weighted by molar-refractivity contribution is -0.137. The van der Waals surface area contributed by atoms with Crippen LogP contribution < -0.4 is 0 Å². The number of aromatic nitrogens is 4. The summed E-state index contributed by atoms with van der Waals surface area (Å²) >= 11 is 2.89. The van der Waals surface area contributed by atoms with Gasteiger partial charge in [-0.15, -0.1) is 27.8 Å². The van der Waals surface area contributed by atoms with Crippen LogP contribution in [0, 0.1) is 0 Å². The molecule has 0 saturated heterocycles. The summed E-state index contributed by atoms with van der Waals surface area (Å²) in [7, 11) is 1.61. The van der Waals surface area contributed by atoms with Gasteiger partial charge in [-0.1, -0.05) is 19.1 Å². The molecule has 0 atom stereocenters. The number of halogens is 3. The van der Waals surface area contributed by atoms with E-state index >= 15 is 0 Å². The molecule has 0 fully saturated rings. The molecule has 0 saturated carbocycles. The normalized spacial score (nSPS) is 11.7. The van der Waals surface area contributed by atoms with E-state index in [1.54, 1.807) is 19.2 Å². The van der Waals surface area contributed by atoms with Gasteiger partial charge in [0.25, 0.3) is 5.91 Å². The van der Waals surface area contributed by atoms with E-state index in [1.165, 1.54) is 44.4 Å². The van der Waals surface area contributed by atoms with Gasteiger partial charge in [0, 0.05) is 12.4 Å². The number of hydrogen-bond donors (Lipinski definition) is 0. The van der Waals surface area contributed by atoms with E-state index < -0.39 is 17.6 Å². The number of amides is 1. The van der Waals surface area contributed by atoms with E-state index in [0.717, 1.165) is 29.3 Å². The van der Waals surface area contributed by atoms with Crippen molar-refractivity contribution in [2.45, 2.75) is 26.1 Å². The van der Waals surface area contributed by atoms with Crippen LogP contribution in [0.5, 0.6) is 0 Å². The van der Waals surface area contributed by atoms with Gasteiger partial charge in [0.05, 0.1) is 33.4 Å². The summed E-state index contributed by atoms with van der Waals surface area (Å²) in [4.78, 5) is 24.0. The highest BCUT2D eigenvalue weighted by atomic mass is 32.1. The topological polar surface area (TPSA) is 63.9 Å². The van der Waals surface area contributed by atoms with E-state index in [2.05, 4.69) is 15.1 Å². The van der Waals surface area contributed by atoms with Crippen molar-refractivity contribution in [1.82, 2.24) is 24.6 Å². The van der Waals surface area contributed by atoms with Crippen molar-refractivity contribution in [3.63, 3.8) is 0 Å². The third-order valence-corrected chi connectivity index (χ3v) is 6.51. The van der Waals surface area contributed by atoms with Gasteiger partial charge in [-0.05, 0) is 36.1 Å².